The number of amides is 3. The summed E-state index contributed by atoms with van der Waals surface area (Å²) in [5.74, 6) is 3.31. The van der Waals surface area contributed by atoms with Crippen LogP contribution >= 0.6 is 0 Å². The Hall–Kier alpha value is -4.50. The lowest BCUT2D eigenvalue weighted by molar-refractivity contribution is -0.137. The number of hydrogen-bond donors (Lipinski definition) is 2. The topological polar surface area (TPSA) is 158 Å². The number of nitrogens with one attached hydrogen (secondary N) is 1. The lowest BCUT2D eigenvalue weighted by Gasteiger charge is -2.19. The van der Waals surface area contributed by atoms with Crippen molar-refractivity contribution in [3.8, 4) is 5.69 Å². The number of imide groups is 1. The SMILES string of the molecule is COC(=O)N(N)C(=O)c1cc(C(=O)NCc2ccc(S(C)(=O)=O)cc2)c(=O)n(-c2cccc(C(F)(F)F)c2)c1C. The molecule has 3 amide bonds. The van der Waals surface area contributed by atoms with E-state index >= 15 is 0 Å². The van der Waals surface area contributed by atoms with Crippen LogP contribution in [-0.4, -0.2) is 49.3 Å². The Labute approximate surface area is 225 Å². The van der Waals surface area contributed by atoms with Crippen molar-refractivity contribution in [2.75, 3.05) is 13.4 Å². The van der Waals surface area contributed by atoms with Crippen LogP contribution in [0.4, 0.5) is 18.0 Å². The summed E-state index contributed by atoms with van der Waals surface area (Å²) >= 11 is 0. The summed E-state index contributed by atoms with van der Waals surface area (Å²) in [7, 11) is -2.50. The van der Waals surface area contributed by atoms with Crippen LogP contribution in [0.15, 0.2) is 64.3 Å². The normalized spacial score (nSPS) is 11.6. The van der Waals surface area contributed by atoms with Gasteiger partial charge in [0.1, 0.15) is 5.56 Å². The quantitative estimate of drug-likeness (QED) is 0.256. The van der Waals surface area contributed by atoms with Crippen LogP contribution in [0, 0.1) is 6.92 Å². The summed E-state index contributed by atoms with van der Waals surface area (Å²) in [6, 6.07) is 10.0. The molecule has 0 aliphatic rings. The summed E-state index contributed by atoms with van der Waals surface area (Å²) in [5.41, 5.74) is -3.28. The number of pyridine rings is 1. The molecular formula is C25H23F3N4O7S. The van der Waals surface area contributed by atoms with E-state index in [2.05, 4.69) is 10.1 Å². The molecule has 212 valence electrons. The van der Waals surface area contributed by atoms with Crippen molar-refractivity contribution in [3.05, 3.63) is 92.9 Å². The number of carbonyl (C=O) groups is 3. The van der Waals surface area contributed by atoms with E-state index in [0.717, 1.165) is 36.1 Å². The minimum Gasteiger partial charge on any atom is -0.451 e. The molecule has 0 radical (unpaired) electrons. The van der Waals surface area contributed by atoms with Crippen molar-refractivity contribution in [1.29, 1.82) is 0 Å². The highest BCUT2D eigenvalue weighted by Crippen LogP contribution is 2.30. The average molecular weight is 581 g/mol. The van der Waals surface area contributed by atoms with Crippen LogP contribution in [0.3, 0.4) is 0 Å². The maximum absolute atomic E-state index is 13.4. The number of nitrogens with two attached hydrogens (primary N) is 1. The third kappa shape index (κ3) is 6.38. The van der Waals surface area contributed by atoms with Crippen molar-refractivity contribution in [2.45, 2.75) is 24.5 Å². The third-order valence-corrected chi connectivity index (χ3v) is 6.88. The Morgan fingerprint density at radius 3 is 2.23 bits per heavy atom. The number of benzene rings is 2. The highest BCUT2D eigenvalue weighted by molar-refractivity contribution is 7.90. The van der Waals surface area contributed by atoms with Crippen LogP contribution in [0.1, 0.15) is 37.5 Å². The average Bonchev–Trinajstić information content (AvgIpc) is 2.90. The number of hydrogen-bond acceptors (Lipinski definition) is 8. The molecule has 0 atom stereocenters. The number of alkyl halides is 3. The van der Waals surface area contributed by atoms with Gasteiger partial charge in [-0.1, -0.05) is 18.2 Å². The lowest BCUT2D eigenvalue weighted by atomic mass is 10.1. The molecule has 3 aromatic rings. The number of hydrazine groups is 1. The van der Waals surface area contributed by atoms with Crippen molar-refractivity contribution in [2.24, 2.45) is 5.84 Å². The molecule has 0 aliphatic heterocycles. The Bertz CT molecular complexity index is 1650. The van der Waals surface area contributed by atoms with Gasteiger partial charge in [0.2, 0.25) is 0 Å². The van der Waals surface area contributed by atoms with Crippen molar-refractivity contribution < 1.29 is 40.7 Å². The second-order valence-electron chi connectivity index (χ2n) is 8.49. The number of halogens is 3. The van der Waals surface area contributed by atoms with Gasteiger partial charge in [0.05, 0.1) is 23.1 Å². The first kappa shape index (κ1) is 30.0. The summed E-state index contributed by atoms with van der Waals surface area (Å²) in [6.45, 7) is 1.05. The first-order chi connectivity index (χ1) is 18.6. The maximum Gasteiger partial charge on any atom is 0.431 e. The Morgan fingerprint density at radius 2 is 1.68 bits per heavy atom. The van der Waals surface area contributed by atoms with Gasteiger partial charge in [0, 0.05) is 24.2 Å². The Morgan fingerprint density at radius 1 is 1.05 bits per heavy atom. The molecule has 0 fully saturated rings. The fourth-order valence-corrected chi connectivity index (χ4v) is 4.29. The van der Waals surface area contributed by atoms with E-state index in [1.807, 2.05) is 0 Å². The monoisotopic (exact) mass is 580 g/mol. The van der Waals surface area contributed by atoms with E-state index in [9.17, 15) is 40.8 Å². The first-order valence-corrected chi connectivity index (χ1v) is 13.1. The van der Waals surface area contributed by atoms with Crippen LogP contribution < -0.4 is 16.7 Å². The zero-order valence-corrected chi connectivity index (χ0v) is 22.1. The summed E-state index contributed by atoms with van der Waals surface area (Å²) < 4.78 is 68.5. The molecule has 0 saturated heterocycles. The van der Waals surface area contributed by atoms with Gasteiger partial charge in [-0.2, -0.15) is 18.2 Å². The largest absolute Gasteiger partial charge is 0.451 e. The van der Waals surface area contributed by atoms with Crippen LogP contribution in [0.2, 0.25) is 0 Å². The minimum atomic E-state index is -4.76. The predicted molar refractivity (Wildman–Crippen MR) is 135 cm³/mol. The molecular weight excluding hydrogens is 557 g/mol. The molecule has 3 N–H and O–H groups in total. The smallest absolute Gasteiger partial charge is 0.431 e. The molecule has 0 aliphatic carbocycles. The Balaban J connectivity index is 2.11. The van der Waals surface area contributed by atoms with Gasteiger partial charge in [-0.3, -0.25) is 19.0 Å². The van der Waals surface area contributed by atoms with E-state index in [4.69, 9.17) is 5.84 Å². The van der Waals surface area contributed by atoms with Gasteiger partial charge in [0.15, 0.2) is 9.84 Å². The third-order valence-electron chi connectivity index (χ3n) is 5.75. The zero-order chi connectivity index (χ0) is 30.0. The van der Waals surface area contributed by atoms with Gasteiger partial charge in [-0.25, -0.2) is 19.1 Å². The molecule has 11 nitrogen and oxygen atoms in total. The van der Waals surface area contributed by atoms with Crippen molar-refractivity contribution in [1.82, 2.24) is 14.9 Å². The second-order valence-corrected chi connectivity index (χ2v) is 10.5. The predicted octanol–water partition coefficient (Wildman–Crippen LogP) is 2.58. The lowest BCUT2D eigenvalue weighted by Crippen LogP contribution is -2.44. The number of nitrogens with zero attached hydrogens (tertiary/aromatic N) is 2. The van der Waals surface area contributed by atoms with Crippen LogP contribution in [0.25, 0.3) is 5.69 Å². The number of rotatable bonds is 6. The van der Waals surface area contributed by atoms with Gasteiger partial charge in [-0.05, 0) is 48.9 Å². The van der Waals surface area contributed by atoms with Crippen molar-refractivity contribution >= 4 is 27.7 Å². The summed E-state index contributed by atoms with van der Waals surface area (Å²) in [5, 5.41) is 2.53. The molecule has 0 saturated carbocycles. The number of aromatic nitrogens is 1. The standard InChI is InChI=1S/C25H23F3N4O7S/c1-14-19(23(35)32(29)24(36)39-2)12-20(21(33)30-13-15-7-9-18(10-8-15)40(3,37)38)22(34)31(14)17-6-4-5-16(11-17)25(26,27)28/h4-12H,13,29H2,1-3H3,(H,30,33). The van der Waals surface area contributed by atoms with Gasteiger partial charge in [-0.15, -0.1) is 0 Å². The van der Waals surface area contributed by atoms with E-state index in [0.29, 0.717) is 11.6 Å². The maximum atomic E-state index is 13.4. The minimum absolute atomic E-state index is 0.0465. The number of carbonyl (C=O) groups excluding carboxylic acids is 3. The highest BCUT2D eigenvalue weighted by atomic mass is 32.2. The molecule has 0 unspecified atom stereocenters. The summed E-state index contributed by atoms with van der Waals surface area (Å²) in [6.07, 6.45) is -5.00. The molecule has 1 aromatic heterocycles. The van der Waals surface area contributed by atoms with Crippen LogP contribution in [-0.2, 0) is 27.3 Å². The van der Waals surface area contributed by atoms with Gasteiger partial charge in [0.25, 0.3) is 17.4 Å². The summed E-state index contributed by atoms with van der Waals surface area (Å²) in [4.78, 5) is 51.3. The van der Waals surface area contributed by atoms with E-state index in [1.54, 1.807) is 0 Å². The second kappa shape index (κ2) is 11.3. The fourth-order valence-electron chi connectivity index (χ4n) is 3.66. The molecule has 3 rings (SSSR count). The van der Waals surface area contributed by atoms with Crippen LogP contribution in [0.5, 0.6) is 0 Å². The highest BCUT2D eigenvalue weighted by Gasteiger charge is 2.32. The fraction of sp³-hybridized carbons (Fsp3) is 0.200. The molecule has 2 aromatic carbocycles. The zero-order valence-electron chi connectivity index (χ0n) is 21.3. The number of ether oxygens (including phenoxy) is 1. The molecule has 15 heteroatoms. The number of sulfone groups is 1. The molecule has 0 bridgehead atoms. The molecule has 1 heterocycles. The van der Waals surface area contributed by atoms with Gasteiger partial charge >= 0.3 is 12.3 Å². The first-order valence-electron chi connectivity index (χ1n) is 11.2. The van der Waals surface area contributed by atoms with E-state index < -0.39 is 56.2 Å². The molecule has 40 heavy (non-hydrogen) atoms. The number of methoxy groups -OCH3 is 1. The van der Waals surface area contributed by atoms with Crippen molar-refractivity contribution in [3.63, 3.8) is 0 Å². The van der Waals surface area contributed by atoms with E-state index in [1.165, 1.54) is 37.3 Å². The van der Waals surface area contributed by atoms with E-state index in [-0.39, 0.29) is 27.8 Å². The Kier molecular flexibility index (Phi) is 8.50. The molecule has 0 spiro atoms. The van der Waals surface area contributed by atoms with Gasteiger partial charge < -0.3 is 10.1 Å².